The van der Waals surface area contributed by atoms with Crippen molar-refractivity contribution in [1.82, 2.24) is 10.2 Å². The van der Waals surface area contributed by atoms with Gasteiger partial charge in [-0.25, -0.2) is 0 Å². The van der Waals surface area contributed by atoms with E-state index in [0.29, 0.717) is 18.7 Å². The number of methoxy groups -OCH3 is 1. The molecule has 1 amide bonds. The number of aliphatic hydroxyl groups excluding tert-OH is 2. The Morgan fingerprint density at radius 2 is 1.60 bits per heavy atom. The molecule has 0 bridgehead atoms. The molecule has 4 atom stereocenters. The van der Waals surface area contributed by atoms with Crippen LogP contribution in [0.15, 0.2) is 83.3 Å². The summed E-state index contributed by atoms with van der Waals surface area (Å²) in [5, 5.41) is 48.6. The average Bonchev–Trinajstić information content (AvgIpc) is 3.03. The summed E-state index contributed by atoms with van der Waals surface area (Å²) in [6.45, 7) is 1.31. The number of nitrogens with one attached hydrogen (secondary N) is 1. The number of Topliss-reactive ketones (excluding diaryl/α,β-unsaturated/α-hetero) is 2. The summed E-state index contributed by atoms with van der Waals surface area (Å²) in [6, 6.07) is 17.8. The Morgan fingerprint density at radius 3 is 2.17 bits per heavy atom. The molecule has 11 heteroatoms. The fourth-order valence-corrected chi connectivity index (χ4v) is 7.42. The first-order chi connectivity index (χ1) is 22.4. The molecule has 0 aliphatic heterocycles. The van der Waals surface area contributed by atoms with Crippen LogP contribution in [-0.4, -0.2) is 75.6 Å². The van der Waals surface area contributed by atoms with Gasteiger partial charge >= 0.3 is 0 Å². The van der Waals surface area contributed by atoms with E-state index in [0.717, 1.165) is 28.0 Å². The van der Waals surface area contributed by atoms with Crippen LogP contribution >= 0.6 is 0 Å². The summed E-state index contributed by atoms with van der Waals surface area (Å²) in [4.78, 5) is 41.2. The quantitative estimate of drug-likeness (QED) is 0.200. The molecule has 7 N–H and O–H groups in total. The zero-order chi connectivity index (χ0) is 33.8. The number of aromatic hydroxyl groups is 1. The Labute approximate surface area is 271 Å². The number of nitrogens with two attached hydrogens (primary N) is 1. The molecule has 0 saturated carbocycles. The second kappa shape index (κ2) is 12.0. The highest BCUT2D eigenvalue weighted by Gasteiger charge is 2.63. The van der Waals surface area contributed by atoms with Gasteiger partial charge < -0.3 is 36.2 Å². The molecule has 0 saturated heterocycles. The Bertz CT molecular complexity index is 1840. The predicted molar refractivity (Wildman–Crippen MR) is 173 cm³/mol. The lowest BCUT2D eigenvalue weighted by Crippen LogP contribution is -2.63. The number of rotatable bonds is 8. The van der Waals surface area contributed by atoms with Gasteiger partial charge in [0.1, 0.15) is 28.6 Å². The lowest BCUT2D eigenvalue weighted by atomic mass is 9.58. The minimum Gasteiger partial charge on any atom is -0.510 e. The molecular weight excluding hydrogens is 602 g/mol. The predicted octanol–water partition coefficient (Wildman–Crippen LogP) is 3.09. The Morgan fingerprint density at radius 1 is 0.979 bits per heavy atom. The minimum absolute atomic E-state index is 0.0199. The van der Waals surface area contributed by atoms with Crippen molar-refractivity contribution in [3.05, 3.63) is 106 Å². The maximum absolute atomic E-state index is 14.0. The highest BCUT2D eigenvalue weighted by Crippen LogP contribution is 2.53. The third-order valence-electron chi connectivity index (χ3n) is 9.69. The minimum atomic E-state index is -2.67. The third-order valence-corrected chi connectivity index (χ3v) is 9.69. The molecule has 3 aliphatic carbocycles. The molecule has 0 fully saturated rings. The fourth-order valence-electron chi connectivity index (χ4n) is 7.42. The van der Waals surface area contributed by atoms with E-state index in [9.17, 15) is 34.8 Å². The molecule has 3 aromatic carbocycles. The summed E-state index contributed by atoms with van der Waals surface area (Å²) in [7, 11) is 4.83. The van der Waals surface area contributed by atoms with Gasteiger partial charge in [-0.2, -0.15) is 0 Å². The molecule has 11 nitrogen and oxygen atoms in total. The largest absolute Gasteiger partial charge is 0.510 e. The van der Waals surface area contributed by atoms with Crippen LogP contribution in [0.25, 0.3) is 11.1 Å². The van der Waals surface area contributed by atoms with Gasteiger partial charge in [0.2, 0.25) is 5.78 Å². The molecule has 0 aromatic heterocycles. The van der Waals surface area contributed by atoms with Crippen LogP contribution in [0.3, 0.4) is 0 Å². The van der Waals surface area contributed by atoms with E-state index in [2.05, 4.69) is 5.32 Å². The Balaban J connectivity index is 1.31. The second-order valence-corrected chi connectivity index (χ2v) is 12.6. The SMILES string of the molecule is COc1ccc(CNCc2ccc(-c3ccc(O)c4c3C[C@@H]3C[C@@H]5C(N(C)C)C(O)=C(C(N)=O)C(=O)[C@]5(O)C(O)=C3C4=O)cc2)cc1. The van der Waals surface area contributed by atoms with Crippen molar-refractivity contribution >= 4 is 17.5 Å². The molecule has 47 heavy (non-hydrogen) atoms. The number of nitrogens with zero attached hydrogens (tertiary/aromatic N) is 1. The normalized spacial score (nSPS) is 23.8. The molecule has 0 spiro atoms. The average molecular weight is 640 g/mol. The highest BCUT2D eigenvalue weighted by molar-refractivity contribution is 6.24. The van der Waals surface area contributed by atoms with Crippen molar-refractivity contribution in [3.8, 4) is 22.6 Å². The van der Waals surface area contributed by atoms with Crippen molar-refractivity contribution < 1.29 is 39.5 Å². The van der Waals surface area contributed by atoms with Gasteiger partial charge in [-0.1, -0.05) is 42.5 Å². The molecule has 0 heterocycles. The molecular formula is C36H37N3O8. The number of primary amides is 1. The van der Waals surface area contributed by atoms with E-state index < -0.39 is 58.0 Å². The van der Waals surface area contributed by atoms with E-state index in [-0.39, 0.29) is 29.7 Å². The van der Waals surface area contributed by atoms with Crippen LogP contribution < -0.4 is 15.8 Å². The van der Waals surface area contributed by atoms with Gasteiger partial charge in [0.25, 0.3) is 5.91 Å². The summed E-state index contributed by atoms with van der Waals surface area (Å²) < 4.78 is 5.21. The van der Waals surface area contributed by atoms with Crippen LogP contribution in [0.2, 0.25) is 0 Å². The number of ketones is 2. The zero-order valence-electron chi connectivity index (χ0n) is 26.3. The van der Waals surface area contributed by atoms with Gasteiger partial charge in [0.15, 0.2) is 11.4 Å². The van der Waals surface area contributed by atoms with Crippen LogP contribution in [0.5, 0.6) is 11.5 Å². The van der Waals surface area contributed by atoms with Crippen molar-refractivity contribution in [3.63, 3.8) is 0 Å². The number of fused-ring (bicyclic) bond motifs is 3. The maximum atomic E-state index is 14.0. The number of hydrogen-bond acceptors (Lipinski definition) is 10. The third kappa shape index (κ3) is 5.16. The number of aliphatic hydroxyl groups is 3. The van der Waals surface area contributed by atoms with Crippen LogP contribution in [0.4, 0.5) is 0 Å². The number of benzene rings is 3. The zero-order valence-corrected chi connectivity index (χ0v) is 26.3. The lowest BCUT2D eigenvalue weighted by molar-refractivity contribution is -0.148. The monoisotopic (exact) mass is 639 g/mol. The first-order valence-electron chi connectivity index (χ1n) is 15.3. The molecule has 1 unspecified atom stereocenters. The van der Waals surface area contributed by atoms with E-state index >= 15 is 0 Å². The smallest absolute Gasteiger partial charge is 0.255 e. The number of phenolic OH excluding ortho intramolecular Hbond substituents is 1. The number of ether oxygens (including phenoxy) is 1. The van der Waals surface area contributed by atoms with Crippen molar-refractivity contribution in [2.24, 2.45) is 17.6 Å². The first-order valence-corrected chi connectivity index (χ1v) is 15.3. The van der Waals surface area contributed by atoms with Gasteiger partial charge in [-0.15, -0.1) is 0 Å². The number of amides is 1. The van der Waals surface area contributed by atoms with E-state index in [1.54, 1.807) is 27.3 Å². The summed E-state index contributed by atoms with van der Waals surface area (Å²) in [5.74, 6) is -5.94. The molecule has 3 aliphatic rings. The van der Waals surface area contributed by atoms with Gasteiger partial charge in [0.05, 0.1) is 18.7 Å². The van der Waals surface area contributed by atoms with Gasteiger partial charge in [-0.05, 0) is 78.9 Å². The van der Waals surface area contributed by atoms with Crippen LogP contribution in [0.1, 0.15) is 33.5 Å². The number of allylic oxidation sites excluding steroid dienone is 1. The summed E-state index contributed by atoms with van der Waals surface area (Å²) >= 11 is 0. The molecule has 6 rings (SSSR count). The van der Waals surface area contributed by atoms with Crippen molar-refractivity contribution in [2.45, 2.75) is 37.6 Å². The first kappa shape index (κ1) is 32.0. The Hall–Kier alpha value is -4.97. The van der Waals surface area contributed by atoms with Crippen LogP contribution in [-0.2, 0) is 29.1 Å². The highest BCUT2D eigenvalue weighted by atomic mass is 16.5. The number of phenols is 1. The van der Waals surface area contributed by atoms with Crippen LogP contribution in [0, 0.1) is 11.8 Å². The number of likely N-dealkylation sites (N-methyl/N-ethyl adjacent to an activating group) is 1. The van der Waals surface area contributed by atoms with E-state index in [4.69, 9.17) is 10.5 Å². The summed E-state index contributed by atoms with van der Waals surface area (Å²) in [6.07, 6.45) is 0.239. The number of carbonyl (C=O) groups is 3. The van der Waals surface area contributed by atoms with Gasteiger partial charge in [0, 0.05) is 24.6 Å². The second-order valence-electron chi connectivity index (χ2n) is 12.6. The number of hydrogen-bond donors (Lipinski definition) is 6. The molecule has 3 aromatic rings. The topological polar surface area (TPSA) is 183 Å². The van der Waals surface area contributed by atoms with Crippen molar-refractivity contribution in [1.29, 1.82) is 0 Å². The van der Waals surface area contributed by atoms with Gasteiger partial charge in [-0.3, -0.25) is 19.3 Å². The summed E-state index contributed by atoms with van der Waals surface area (Å²) in [5.41, 5.74) is 6.00. The van der Waals surface area contributed by atoms with Crippen molar-refractivity contribution in [2.75, 3.05) is 21.2 Å². The Kier molecular flexibility index (Phi) is 8.17. The fraction of sp³-hybridized carbons (Fsp3) is 0.306. The molecule has 244 valence electrons. The molecule has 0 radical (unpaired) electrons. The standard InChI is InChI=1S/C36H37N3O8/c1-39(2)30-25-15-21-14-24-23(20-8-4-18(5-9-20)16-38-17-19-6-10-22(47-3)11-7-19)12-13-26(40)28(24)31(41)27(21)33(43)36(25,46)34(44)29(32(30)42)35(37)45/h4-13,21,25,30,38,40,42-43,46H,14-17H2,1-3H3,(H2,37,45)/t21-,25-,30?,36-/m1/s1. The van der Waals surface area contributed by atoms with E-state index in [1.165, 1.54) is 11.0 Å². The number of carbonyl (C=O) groups excluding carboxylic acids is 3. The lowest BCUT2D eigenvalue weighted by Gasteiger charge is -2.50. The van der Waals surface area contributed by atoms with E-state index in [1.807, 2.05) is 48.5 Å². The maximum Gasteiger partial charge on any atom is 0.255 e.